The summed E-state index contributed by atoms with van der Waals surface area (Å²) in [6, 6.07) is -0.389. The molecule has 0 aromatic carbocycles. The zero-order valence-electron chi connectivity index (χ0n) is 13.4. The molecule has 0 unspecified atom stereocenters. The van der Waals surface area contributed by atoms with Gasteiger partial charge in [0.2, 0.25) is 5.91 Å². The van der Waals surface area contributed by atoms with Gasteiger partial charge in [-0.15, -0.1) is 24.8 Å². The van der Waals surface area contributed by atoms with Crippen molar-refractivity contribution in [1.29, 1.82) is 0 Å². The van der Waals surface area contributed by atoms with E-state index in [1.165, 1.54) is 0 Å². The lowest BCUT2D eigenvalue weighted by Gasteiger charge is -2.33. The predicted octanol–water partition coefficient (Wildman–Crippen LogP) is 1.53. The second kappa shape index (κ2) is 12.5. The highest BCUT2D eigenvalue weighted by Gasteiger charge is 2.24. The van der Waals surface area contributed by atoms with Crippen LogP contribution < -0.4 is 5.73 Å². The van der Waals surface area contributed by atoms with E-state index < -0.39 is 0 Å². The summed E-state index contributed by atoms with van der Waals surface area (Å²) in [6.45, 7) is 11.5. The SMILES string of the molecule is CCN(CC)CCOC1CCN(C(=O)[C@@H](C)N)CC1.Cl.Cl. The summed E-state index contributed by atoms with van der Waals surface area (Å²) >= 11 is 0. The normalized spacial score (nSPS) is 17.1. The highest BCUT2D eigenvalue weighted by molar-refractivity contribution is 5.85. The first-order valence-corrected chi connectivity index (χ1v) is 7.46. The summed E-state index contributed by atoms with van der Waals surface area (Å²) in [5, 5.41) is 0. The molecule has 0 aromatic heterocycles. The molecule has 1 amide bonds. The van der Waals surface area contributed by atoms with E-state index in [1.54, 1.807) is 6.92 Å². The molecule has 0 saturated carbocycles. The molecule has 1 heterocycles. The van der Waals surface area contributed by atoms with Crippen LogP contribution in [0.15, 0.2) is 0 Å². The zero-order valence-corrected chi connectivity index (χ0v) is 15.0. The van der Waals surface area contributed by atoms with Crippen LogP contribution in [-0.4, -0.2) is 67.2 Å². The largest absolute Gasteiger partial charge is 0.377 e. The van der Waals surface area contributed by atoms with Crippen molar-refractivity contribution >= 4 is 30.7 Å². The Kier molecular flexibility index (Phi) is 13.8. The van der Waals surface area contributed by atoms with Crippen molar-refractivity contribution in [2.75, 3.05) is 39.3 Å². The Morgan fingerprint density at radius 3 is 2.24 bits per heavy atom. The number of hydrogen-bond donors (Lipinski definition) is 1. The summed E-state index contributed by atoms with van der Waals surface area (Å²) in [5.74, 6) is 0.0570. The molecular weight excluding hydrogens is 313 g/mol. The molecule has 1 aliphatic rings. The number of carbonyl (C=O) groups excluding carboxylic acids is 1. The standard InChI is InChI=1S/C14H29N3O2.2ClH/c1-4-16(5-2)10-11-19-13-6-8-17(9-7-13)14(18)12(3)15;;/h12-13H,4-11,15H2,1-3H3;2*1H/t12-;;/m1../s1. The molecule has 1 atom stereocenters. The van der Waals surface area contributed by atoms with E-state index in [4.69, 9.17) is 10.5 Å². The Labute approximate surface area is 141 Å². The van der Waals surface area contributed by atoms with Gasteiger partial charge in [0.25, 0.3) is 0 Å². The number of likely N-dealkylation sites (tertiary alicyclic amines) is 1. The van der Waals surface area contributed by atoms with Crippen LogP contribution in [0.1, 0.15) is 33.6 Å². The molecule has 5 nitrogen and oxygen atoms in total. The van der Waals surface area contributed by atoms with Gasteiger partial charge in [0.15, 0.2) is 0 Å². The van der Waals surface area contributed by atoms with Gasteiger partial charge in [-0.1, -0.05) is 13.8 Å². The Bertz CT molecular complexity index is 269. The monoisotopic (exact) mass is 343 g/mol. The van der Waals surface area contributed by atoms with Crippen LogP contribution in [0.25, 0.3) is 0 Å². The minimum atomic E-state index is -0.389. The summed E-state index contributed by atoms with van der Waals surface area (Å²) in [6.07, 6.45) is 2.15. The number of piperidine rings is 1. The van der Waals surface area contributed by atoms with Crippen molar-refractivity contribution in [3.05, 3.63) is 0 Å². The van der Waals surface area contributed by atoms with Crippen LogP contribution in [0.4, 0.5) is 0 Å². The van der Waals surface area contributed by atoms with Crippen LogP contribution in [0.5, 0.6) is 0 Å². The number of nitrogens with two attached hydrogens (primary N) is 1. The van der Waals surface area contributed by atoms with Crippen LogP contribution in [0.2, 0.25) is 0 Å². The van der Waals surface area contributed by atoms with Gasteiger partial charge in [0.05, 0.1) is 18.8 Å². The molecule has 128 valence electrons. The molecule has 1 fully saturated rings. The van der Waals surface area contributed by atoms with Crippen molar-refractivity contribution in [1.82, 2.24) is 9.80 Å². The third-order valence-corrected chi connectivity index (χ3v) is 3.80. The van der Waals surface area contributed by atoms with Gasteiger partial charge < -0.3 is 20.3 Å². The fourth-order valence-electron chi connectivity index (χ4n) is 2.42. The van der Waals surface area contributed by atoms with Crippen molar-refractivity contribution in [2.24, 2.45) is 5.73 Å². The van der Waals surface area contributed by atoms with Crippen molar-refractivity contribution in [2.45, 2.75) is 45.8 Å². The molecule has 1 aliphatic heterocycles. The second-order valence-electron chi connectivity index (χ2n) is 5.21. The number of amides is 1. The number of likely N-dealkylation sites (N-methyl/N-ethyl adjacent to an activating group) is 1. The first kappa shape index (κ1) is 23.2. The lowest BCUT2D eigenvalue weighted by atomic mass is 10.1. The number of hydrogen-bond acceptors (Lipinski definition) is 4. The minimum Gasteiger partial charge on any atom is -0.377 e. The van der Waals surface area contributed by atoms with E-state index in [0.29, 0.717) is 6.10 Å². The Morgan fingerprint density at radius 1 is 1.29 bits per heavy atom. The highest BCUT2D eigenvalue weighted by atomic mass is 35.5. The maximum Gasteiger partial charge on any atom is 0.239 e. The molecule has 2 N–H and O–H groups in total. The van der Waals surface area contributed by atoms with E-state index in [0.717, 1.165) is 52.2 Å². The number of carbonyl (C=O) groups is 1. The summed E-state index contributed by atoms with van der Waals surface area (Å²) in [5.41, 5.74) is 5.62. The van der Waals surface area contributed by atoms with Crippen LogP contribution in [0, 0.1) is 0 Å². The summed E-state index contributed by atoms with van der Waals surface area (Å²) in [4.78, 5) is 16.0. The van der Waals surface area contributed by atoms with Crippen molar-refractivity contribution < 1.29 is 9.53 Å². The third-order valence-electron chi connectivity index (χ3n) is 3.80. The molecule has 0 aliphatic carbocycles. The molecule has 1 rings (SSSR count). The fourth-order valence-corrected chi connectivity index (χ4v) is 2.42. The van der Waals surface area contributed by atoms with Gasteiger partial charge in [0.1, 0.15) is 0 Å². The topological polar surface area (TPSA) is 58.8 Å². The molecule has 1 saturated heterocycles. The number of nitrogens with zero attached hydrogens (tertiary/aromatic N) is 2. The molecule has 0 spiro atoms. The molecule has 21 heavy (non-hydrogen) atoms. The van der Waals surface area contributed by atoms with Crippen molar-refractivity contribution in [3.8, 4) is 0 Å². The van der Waals surface area contributed by atoms with Gasteiger partial charge in [-0.2, -0.15) is 0 Å². The molecule has 0 bridgehead atoms. The average Bonchev–Trinajstić information content (AvgIpc) is 2.43. The van der Waals surface area contributed by atoms with Gasteiger partial charge in [-0.05, 0) is 32.9 Å². The molecular formula is C14H31Cl2N3O2. The maximum absolute atomic E-state index is 11.7. The predicted molar refractivity (Wildman–Crippen MR) is 91.5 cm³/mol. The number of halogens is 2. The van der Waals surface area contributed by atoms with Crippen LogP contribution >= 0.6 is 24.8 Å². The fraction of sp³-hybridized carbons (Fsp3) is 0.929. The Hall–Kier alpha value is -0.0700. The molecule has 0 aromatic rings. The van der Waals surface area contributed by atoms with Gasteiger partial charge >= 0.3 is 0 Å². The summed E-state index contributed by atoms with van der Waals surface area (Å²) < 4.78 is 5.89. The van der Waals surface area contributed by atoms with E-state index in [2.05, 4.69) is 18.7 Å². The van der Waals surface area contributed by atoms with Crippen LogP contribution in [-0.2, 0) is 9.53 Å². The average molecular weight is 344 g/mol. The smallest absolute Gasteiger partial charge is 0.239 e. The molecule has 0 radical (unpaired) electrons. The van der Waals surface area contributed by atoms with Gasteiger partial charge in [-0.25, -0.2) is 0 Å². The number of ether oxygens (including phenoxy) is 1. The van der Waals surface area contributed by atoms with E-state index in [1.807, 2.05) is 4.90 Å². The summed E-state index contributed by atoms with van der Waals surface area (Å²) in [7, 11) is 0. The van der Waals surface area contributed by atoms with E-state index in [-0.39, 0.29) is 36.8 Å². The maximum atomic E-state index is 11.7. The first-order chi connectivity index (χ1) is 9.08. The van der Waals surface area contributed by atoms with E-state index in [9.17, 15) is 4.79 Å². The first-order valence-electron chi connectivity index (χ1n) is 7.46. The van der Waals surface area contributed by atoms with Crippen molar-refractivity contribution in [3.63, 3.8) is 0 Å². The lowest BCUT2D eigenvalue weighted by Crippen LogP contribution is -2.47. The number of rotatable bonds is 7. The third kappa shape index (κ3) is 8.21. The lowest BCUT2D eigenvalue weighted by molar-refractivity contribution is -0.134. The highest BCUT2D eigenvalue weighted by Crippen LogP contribution is 2.14. The van der Waals surface area contributed by atoms with Gasteiger partial charge in [-0.3, -0.25) is 4.79 Å². The Morgan fingerprint density at radius 2 is 1.81 bits per heavy atom. The minimum absolute atomic E-state index is 0. The quantitative estimate of drug-likeness (QED) is 0.761. The Balaban J connectivity index is 0. The van der Waals surface area contributed by atoms with Gasteiger partial charge in [0, 0.05) is 19.6 Å². The molecule has 7 heteroatoms. The van der Waals surface area contributed by atoms with E-state index >= 15 is 0 Å². The zero-order chi connectivity index (χ0) is 14.3. The second-order valence-corrected chi connectivity index (χ2v) is 5.21. The van der Waals surface area contributed by atoms with Crippen LogP contribution in [0.3, 0.4) is 0 Å².